The molecule has 3 aliphatic rings. The summed E-state index contributed by atoms with van der Waals surface area (Å²) in [5.74, 6) is -3.22. The molecule has 0 aromatic heterocycles. The Hall–Kier alpha value is -3.77. The van der Waals surface area contributed by atoms with E-state index in [-0.39, 0.29) is 51.0 Å². The lowest BCUT2D eigenvalue weighted by molar-refractivity contribution is -0.336. The molecule has 0 unspecified atom stereocenters. The molecule has 2 amide bonds. The van der Waals surface area contributed by atoms with Crippen molar-refractivity contribution in [3.63, 3.8) is 0 Å². The van der Waals surface area contributed by atoms with Crippen molar-refractivity contribution in [3.05, 3.63) is 133 Å². The van der Waals surface area contributed by atoms with Gasteiger partial charge in [0.25, 0.3) is 11.8 Å². The molecular weight excluding hydrogens is 908 g/mol. The van der Waals surface area contributed by atoms with Crippen molar-refractivity contribution in [1.82, 2.24) is 4.90 Å². The van der Waals surface area contributed by atoms with Gasteiger partial charge in [0.15, 0.2) is 18.5 Å². The van der Waals surface area contributed by atoms with Crippen molar-refractivity contribution in [1.29, 1.82) is 0 Å². The number of aliphatic hydroxyl groups excluding tert-OH is 1. The SMILES string of the molecule is CC(=O)O[C@H]1[C@H](OCc2ccccc2)[C@H](O[C@H]2[C@H](O)[C@@H](COCc3ccccc3)O[C@@H](Sc3ccccc3)[C@@H]2N2C(=O)c3c(Cl)c(Cl)c(Cl)c(Cl)c3C2=O)O[C@@H](C)[C@H]1OC(C)=O. The van der Waals surface area contributed by atoms with Crippen LogP contribution in [-0.2, 0) is 56.0 Å². The van der Waals surface area contributed by atoms with E-state index in [1.54, 1.807) is 31.2 Å². The number of benzene rings is 4. The summed E-state index contributed by atoms with van der Waals surface area (Å²) in [5.41, 5.74) is -0.174. The number of esters is 2. The third-order valence-electron chi connectivity index (χ3n) is 10.4. The smallest absolute Gasteiger partial charge is 0.303 e. The fourth-order valence-electron chi connectivity index (χ4n) is 7.56. The third-order valence-corrected chi connectivity index (χ3v) is 13.3. The largest absolute Gasteiger partial charge is 0.456 e. The van der Waals surface area contributed by atoms with Crippen molar-refractivity contribution >= 4 is 81.9 Å². The molecule has 2 fully saturated rings. The molecule has 10 atom stereocenters. The predicted octanol–water partition coefficient (Wildman–Crippen LogP) is 7.94. The van der Waals surface area contributed by atoms with E-state index in [1.807, 2.05) is 66.7 Å². The molecule has 0 radical (unpaired) electrons. The number of hydrogen-bond acceptors (Lipinski definition) is 13. The number of carbonyl (C=O) groups excluding carboxylic acids is 4. The van der Waals surface area contributed by atoms with Gasteiger partial charge in [0.05, 0.1) is 57.1 Å². The van der Waals surface area contributed by atoms with Gasteiger partial charge in [-0.05, 0) is 30.2 Å². The molecule has 0 aliphatic carbocycles. The zero-order valence-corrected chi connectivity index (χ0v) is 37.2. The van der Waals surface area contributed by atoms with Crippen LogP contribution in [0.25, 0.3) is 0 Å². The second kappa shape index (κ2) is 20.4. The van der Waals surface area contributed by atoms with Gasteiger partial charge in [-0.2, -0.15) is 0 Å². The number of halogens is 4. The normalized spacial score (nSPS) is 27.2. The fraction of sp³-hybridized carbons (Fsp3) is 0.364. The molecular formula is C44H41Cl4NO12S. The molecule has 0 spiro atoms. The first kappa shape index (κ1) is 46.2. The standard InChI is InChI=1S/C44H41Cl4NO12S/c1-22-37(58-23(2)50)39(59-24(3)51)40(56-20-26-15-9-5-10-16-26)43(57-22)61-38-35(49-41(53)29-30(42(49)54)32(46)34(48)33(47)31(29)45)44(62-27-17-11-6-12-18-27)60-28(36(38)52)21-55-19-25-13-7-4-8-14-25/h4-18,22,28,35-40,43-44,52H,19-21H2,1-3H3/t22-,28+,35+,36+,37+,38+,39+,40-,43-,44-/m0/s1. The quantitative estimate of drug-likeness (QED) is 0.0563. The molecule has 0 saturated carbocycles. The molecule has 62 heavy (non-hydrogen) atoms. The van der Waals surface area contributed by atoms with Crippen LogP contribution >= 0.6 is 58.2 Å². The van der Waals surface area contributed by atoms with Crippen LogP contribution < -0.4 is 0 Å². The minimum absolute atomic E-state index is 0.0488. The van der Waals surface area contributed by atoms with E-state index in [2.05, 4.69) is 0 Å². The Balaban J connectivity index is 1.33. The summed E-state index contributed by atoms with van der Waals surface area (Å²) in [6, 6.07) is 26.0. The lowest BCUT2D eigenvalue weighted by atomic mass is 9.95. The van der Waals surface area contributed by atoms with E-state index >= 15 is 0 Å². The van der Waals surface area contributed by atoms with E-state index < -0.39 is 84.2 Å². The van der Waals surface area contributed by atoms with Crippen LogP contribution in [0.15, 0.2) is 95.9 Å². The van der Waals surface area contributed by atoms with Gasteiger partial charge in [0, 0.05) is 18.7 Å². The molecule has 4 aromatic rings. The Labute approximate surface area is 381 Å². The second-order valence-corrected chi connectivity index (χ2v) is 17.3. The number of amides is 2. The van der Waals surface area contributed by atoms with E-state index in [9.17, 15) is 24.3 Å². The van der Waals surface area contributed by atoms with Gasteiger partial charge in [-0.25, -0.2) is 0 Å². The van der Waals surface area contributed by atoms with Gasteiger partial charge < -0.3 is 38.3 Å². The molecule has 3 heterocycles. The maximum atomic E-state index is 14.7. The van der Waals surface area contributed by atoms with Crippen molar-refractivity contribution < 1.29 is 57.4 Å². The summed E-state index contributed by atoms with van der Waals surface area (Å²) in [4.78, 5) is 55.9. The molecule has 3 aliphatic heterocycles. The Bertz CT molecular complexity index is 2210. The number of nitrogens with zero attached hydrogens (tertiary/aromatic N) is 1. The first-order chi connectivity index (χ1) is 29.7. The maximum Gasteiger partial charge on any atom is 0.303 e. The van der Waals surface area contributed by atoms with Crippen LogP contribution in [0.4, 0.5) is 0 Å². The van der Waals surface area contributed by atoms with Gasteiger partial charge in [0.2, 0.25) is 0 Å². The second-order valence-electron chi connectivity index (χ2n) is 14.7. The molecule has 18 heteroatoms. The number of carbonyl (C=O) groups is 4. The maximum absolute atomic E-state index is 14.7. The van der Waals surface area contributed by atoms with E-state index in [4.69, 9.17) is 79.6 Å². The molecule has 13 nitrogen and oxygen atoms in total. The summed E-state index contributed by atoms with van der Waals surface area (Å²) in [5, 5.41) is 11.4. The van der Waals surface area contributed by atoms with Gasteiger partial charge >= 0.3 is 11.9 Å². The van der Waals surface area contributed by atoms with Gasteiger partial charge in [-0.15, -0.1) is 0 Å². The molecule has 0 bridgehead atoms. The molecule has 328 valence electrons. The molecule has 1 N–H and O–H groups in total. The predicted molar refractivity (Wildman–Crippen MR) is 229 cm³/mol. The molecule has 2 saturated heterocycles. The van der Waals surface area contributed by atoms with Crippen LogP contribution in [0.2, 0.25) is 20.1 Å². The average molecular weight is 950 g/mol. The van der Waals surface area contributed by atoms with Crippen LogP contribution in [-0.4, -0.2) is 101 Å². The highest BCUT2D eigenvalue weighted by atomic mass is 35.5. The number of imide groups is 1. The van der Waals surface area contributed by atoms with Crippen molar-refractivity contribution in [3.8, 4) is 0 Å². The van der Waals surface area contributed by atoms with Crippen LogP contribution in [0.1, 0.15) is 52.6 Å². The van der Waals surface area contributed by atoms with Gasteiger partial charge in [0.1, 0.15) is 35.9 Å². The highest BCUT2D eigenvalue weighted by Crippen LogP contribution is 2.48. The Morgan fingerprint density at radius 2 is 1.21 bits per heavy atom. The lowest BCUT2D eigenvalue weighted by Crippen LogP contribution is -2.68. The number of thioether (sulfide) groups is 1. The highest BCUT2D eigenvalue weighted by Gasteiger charge is 2.58. The van der Waals surface area contributed by atoms with Crippen molar-refractivity contribution in [2.24, 2.45) is 0 Å². The lowest BCUT2D eigenvalue weighted by Gasteiger charge is -2.50. The minimum atomic E-state index is -1.64. The number of ether oxygens (including phenoxy) is 7. The van der Waals surface area contributed by atoms with Crippen LogP contribution in [0, 0.1) is 0 Å². The number of rotatable bonds is 14. The summed E-state index contributed by atoms with van der Waals surface area (Å²) >= 11 is 27.2. The van der Waals surface area contributed by atoms with Crippen LogP contribution in [0.3, 0.4) is 0 Å². The van der Waals surface area contributed by atoms with Gasteiger partial charge in [-0.1, -0.05) is 137 Å². The first-order valence-corrected chi connectivity index (χ1v) is 21.9. The van der Waals surface area contributed by atoms with Crippen LogP contribution in [0.5, 0.6) is 0 Å². The zero-order chi connectivity index (χ0) is 44.2. The number of fused-ring (bicyclic) bond motifs is 1. The molecule has 7 rings (SSSR count). The molecule has 4 aromatic carbocycles. The average Bonchev–Trinajstić information content (AvgIpc) is 3.51. The Morgan fingerprint density at radius 1 is 0.694 bits per heavy atom. The Morgan fingerprint density at radius 3 is 1.76 bits per heavy atom. The topological polar surface area (TPSA) is 156 Å². The highest BCUT2D eigenvalue weighted by molar-refractivity contribution is 7.99. The summed E-state index contributed by atoms with van der Waals surface area (Å²) in [7, 11) is 0. The zero-order valence-electron chi connectivity index (χ0n) is 33.4. The Kier molecular flexibility index (Phi) is 15.2. The summed E-state index contributed by atoms with van der Waals surface area (Å²) in [6.45, 7) is 3.93. The van der Waals surface area contributed by atoms with Gasteiger partial charge in [-0.3, -0.25) is 24.1 Å². The van der Waals surface area contributed by atoms with E-state index in [0.29, 0.717) is 4.90 Å². The fourth-order valence-corrected chi connectivity index (χ4v) is 9.78. The number of hydrogen-bond donors (Lipinski definition) is 1. The first-order valence-electron chi connectivity index (χ1n) is 19.5. The van der Waals surface area contributed by atoms with E-state index in [1.165, 1.54) is 13.8 Å². The summed E-state index contributed by atoms with van der Waals surface area (Å²) in [6.07, 6.45) is -10.6. The minimum Gasteiger partial charge on any atom is -0.456 e. The monoisotopic (exact) mass is 947 g/mol. The number of aliphatic hydroxyl groups is 1. The van der Waals surface area contributed by atoms with Crippen molar-refractivity contribution in [2.75, 3.05) is 6.61 Å². The summed E-state index contributed by atoms with van der Waals surface area (Å²) < 4.78 is 43.8. The third kappa shape index (κ3) is 9.96. The van der Waals surface area contributed by atoms with Crippen molar-refractivity contribution in [2.45, 2.75) is 99.4 Å². The van der Waals surface area contributed by atoms with E-state index in [0.717, 1.165) is 27.8 Å².